The second kappa shape index (κ2) is 6.82. The van der Waals surface area contributed by atoms with Gasteiger partial charge >= 0.3 is 0 Å². The molecule has 1 aromatic rings. The van der Waals surface area contributed by atoms with E-state index < -0.39 is 0 Å². The molecular weight excluding hydrogens is 220 g/mol. The van der Waals surface area contributed by atoms with Gasteiger partial charge in [0.15, 0.2) is 0 Å². The van der Waals surface area contributed by atoms with Gasteiger partial charge in [0.25, 0.3) is 5.91 Å². The van der Waals surface area contributed by atoms with Crippen molar-refractivity contribution >= 4 is 11.7 Å². The van der Waals surface area contributed by atoms with Crippen LogP contribution in [0.5, 0.6) is 0 Å². The molecule has 1 rings (SSSR count). The number of carbonyl (C=O) groups is 1. The van der Waals surface area contributed by atoms with E-state index in [-0.39, 0.29) is 12.0 Å². The summed E-state index contributed by atoms with van der Waals surface area (Å²) in [6.07, 6.45) is 1.47. The highest BCUT2D eigenvalue weighted by Crippen LogP contribution is 2.03. The summed E-state index contributed by atoms with van der Waals surface area (Å²) in [6, 6.07) is 3.30. The molecule has 1 aromatic heterocycles. The van der Waals surface area contributed by atoms with Crippen LogP contribution >= 0.6 is 0 Å². The number of pyridine rings is 1. The van der Waals surface area contributed by atoms with Gasteiger partial charge in [0, 0.05) is 19.3 Å². The Hall–Kier alpha value is -1.66. The van der Waals surface area contributed by atoms with Crippen molar-refractivity contribution in [2.45, 2.75) is 20.0 Å². The van der Waals surface area contributed by atoms with E-state index in [1.165, 1.54) is 6.20 Å². The van der Waals surface area contributed by atoms with E-state index >= 15 is 0 Å². The number of amides is 1. The standard InChI is InChI=1S/C11H18N4O2/c1-3-17-8(2)6-14-11(16)9-4-5-10(15-12)13-7-9/h4-5,7-8H,3,6,12H2,1-2H3,(H,13,15)(H,14,16). The van der Waals surface area contributed by atoms with Crippen LogP contribution in [0.1, 0.15) is 24.2 Å². The summed E-state index contributed by atoms with van der Waals surface area (Å²) >= 11 is 0. The number of carbonyl (C=O) groups excluding carboxylic acids is 1. The Morgan fingerprint density at radius 2 is 2.35 bits per heavy atom. The summed E-state index contributed by atoms with van der Waals surface area (Å²) in [5.74, 6) is 5.52. The predicted molar refractivity (Wildman–Crippen MR) is 65.5 cm³/mol. The molecule has 0 radical (unpaired) electrons. The Labute approximate surface area is 101 Å². The lowest BCUT2D eigenvalue weighted by Crippen LogP contribution is -2.32. The molecule has 0 fully saturated rings. The molecule has 0 spiro atoms. The number of aromatic nitrogens is 1. The maximum Gasteiger partial charge on any atom is 0.252 e. The molecular formula is C11H18N4O2. The quantitative estimate of drug-likeness (QED) is 0.496. The highest BCUT2D eigenvalue weighted by Gasteiger charge is 2.07. The summed E-state index contributed by atoms with van der Waals surface area (Å²) in [5, 5.41) is 2.77. The zero-order valence-corrected chi connectivity index (χ0v) is 10.1. The smallest absolute Gasteiger partial charge is 0.252 e. The number of nitrogens with two attached hydrogens (primary N) is 1. The van der Waals surface area contributed by atoms with Crippen molar-refractivity contribution in [1.82, 2.24) is 10.3 Å². The van der Waals surface area contributed by atoms with E-state index in [1.807, 2.05) is 13.8 Å². The Morgan fingerprint density at radius 3 is 2.88 bits per heavy atom. The number of hydrogen-bond acceptors (Lipinski definition) is 5. The average molecular weight is 238 g/mol. The highest BCUT2D eigenvalue weighted by molar-refractivity contribution is 5.94. The van der Waals surface area contributed by atoms with E-state index in [2.05, 4.69) is 15.7 Å². The highest BCUT2D eigenvalue weighted by atomic mass is 16.5. The molecule has 0 aromatic carbocycles. The van der Waals surface area contributed by atoms with Crippen LogP contribution < -0.4 is 16.6 Å². The molecule has 6 heteroatoms. The van der Waals surface area contributed by atoms with Crippen LogP contribution in [0, 0.1) is 0 Å². The number of hydrazine groups is 1. The summed E-state index contributed by atoms with van der Waals surface area (Å²) in [5.41, 5.74) is 2.89. The van der Waals surface area contributed by atoms with E-state index in [9.17, 15) is 4.79 Å². The first-order valence-electron chi connectivity index (χ1n) is 5.49. The second-order valence-corrected chi connectivity index (χ2v) is 3.55. The number of nitrogens with one attached hydrogen (secondary N) is 2. The Kier molecular flexibility index (Phi) is 5.38. The molecule has 0 aliphatic heterocycles. The Morgan fingerprint density at radius 1 is 1.59 bits per heavy atom. The molecule has 1 unspecified atom stereocenters. The van der Waals surface area contributed by atoms with Gasteiger partial charge in [-0.3, -0.25) is 4.79 Å². The van der Waals surface area contributed by atoms with Crippen molar-refractivity contribution in [2.24, 2.45) is 5.84 Å². The molecule has 6 nitrogen and oxygen atoms in total. The number of rotatable bonds is 6. The summed E-state index contributed by atoms with van der Waals surface area (Å²) in [4.78, 5) is 15.6. The van der Waals surface area contributed by atoms with Gasteiger partial charge in [0.2, 0.25) is 0 Å². The van der Waals surface area contributed by atoms with Gasteiger partial charge in [-0.15, -0.1) is 0 Å². The monoisotopic (exact) mass is 238 g/mol. The second-order valence-electron chi connectivity index (χ2n) is 3.55. The van der Waals surface area contributed by atoms with E-state index in [0.29, 0.717) is 24.5 Å². The van der Waals surface area contributed by atoms with Gasteiger partial charge < -0.3 is 15.5 Å². The third-order valence-corrected chi connectivity index (χ3v) is 2.17. The predicted octanol–water partition coefficient (Wildman–Crippen LogP) is 0.522. The van der Waals surface area contributed by atoms with Crippen LogP contribution in [0.2, 0.25) is 0 Å². The van der Waals surface area contributed by atoms with E-state index in [4.69, 9.17) is 10.6 Å². The third-order valence-electron chi connectivity index (χ3n) is 2.17. The number of anilines is 1. The molecule has 17 heavy (non-hydrogen) atoms. The molecule has 0 bridgehead atoms. The Balaban J connectivity index is 2.46. The van der Waals surface area contributed by atoms with Crippen LogP contribution in [0.3, 0.4) is 0 Å². The molecule has 94 valence electrons. The Bertz CT molecular complexity index is 353. The van der Waals surface area contributed by atoms with Crippen molar-refractivity contribution in [3.05, 3.63) is 23.9 Å². The van der Waals surface area contributed by atoms with Crippen molar-refractivity contribution in [3.63, 3.8) is 0 Å². The van der Waals surface area contributed by atoms with Gasteiger partial charge in [0.05, 0.1) is 11.7 Å². The zero-order valence-electron chi connectivity index (χ0n) is 10.1. The van der Waals surface area contributed by atoms with Crippen molar-refractivity contribution in [2.75, 3.05) is 18.6 Å². The minimum Gasteiger partial charge on any atom is -0.377 e. The molecule has 0 saturated heterocycles. The number of nitrogen functional groups attached to an aromatic ring is 1. The zero-order chi connectivity index (χ0) is 12.7. The first kappa shape index (κ1) is 13.4. The van der Waals surface area contributed by atoms with Gasteiger partial charge in [-0.05, 0) is 26.0 Å². The molecule has 1 heterocycles. The minimum absolute atomic E-state index is 0.00175. The molecule has 1 atom stereocenters. The summed E-state index contributed by atoms with van der Waals surface area (Å²) < 4.78 is 5.31. The first-order chi connectivity index (χ1) is 8.17. The largest absolute Gasteiger partial charge is 0.377 e. The molecule has 4 N–H and O–H groups in total. The first-order valence-corrected chi connectivity index (χ1v) is 5.49. The maximum absolute atomic E-state index is 11.7. The van der Waals surface area contributed by atoms with Crippen LogP contribution in [-0.2, 0) is 4.74 Å². The van der Waals surface area contributed by atoms with Crippen LogP contribution in [0.25, 0.3) is 0 Å². The van der Waals surface area contributed by atoms with Crippen LogP contribution in [-0.4, -0.2) is 30.1 Å². The number of ether oxygens (including phenoxy) is 1. The SMILES string of the molecule is CCOC(C)CNC(=O)c1ccc(NN)nc1. The van der Waals surface area contributed by atoms with Gasteiger partial charge in [-0.25, -0.2) is 10.8 Å². The topological polar surface area (TPSA) is 89.3 Å². The van der Waals surface area contributed by atoms with E-state index in [0.717, 1.165) is 0 Å². The fourth-order valence-corrected chi connectivity index (χ4v) is 1.30. The van der Waals surface area contributed by atoms with Crippen LogP contribution in [0.4, 0.5) is 5.82 Å². The van der Waals surface area contributed by atoms with Gasteiger partial charge in [-0.1, -0.05) is 0 Å². The lowest BCUT2D eigenvalue weighted by molar-refractivity contribution is 0.0695. The molecule has 0 aliphatic rings. The number of nitrogens with zero attached hydrogens (tertiary/aromatic N) is 1. The van der Waals surface area contributed by atoms with E-state index in [1.54, 1.807) is 12.1 Å². The molecule has 1 amide bonds. The lowest BCUT2D eigenvalue weighted by atomic mass is 10.2. The van der Waals surface area contributed by atoms with Crippen molar-refractivity contribution in [1.29, 1.82) is 0 Å². The van der Waals surface area contributed by atoms with Crippen molar-refractivity contribution in [3.8, 4) is 0 Å². The van der Waals surface area contributed by atoms with Crippen LogP contribution in [0.15, 0.2) is 18.3 Å². The normalized spacial score (nSPS) is 11.9. The van der Waals surface area contributed by atoms with Gasteiger partial charge in [0.1, 0.15) is 5.82 Å². The average Bonchev–Trinajstić information content (AvgIpc) is 2.36. The fourth-order valence-electron chi connectivity index (χ4n) is 1.30. The van der Waals surface area contributed by atoms with Gasteiger partial charge in [-0.2, -0.15) is 0 Å². The third kappa shape index (κ3) is 4.38. The lowest BCUT2D eigenvalue weighted by Gasteiger charge is -2.12. The summed E-state index contributed by atoms with van der Waals surface area (Å²) in [6.45, 7) is 4.93. The molecule has 0 saturated carbocycles. The minimum atomic E-state index is -0.173. The summed E-state index contributed by atoms with van der Waals surface area (Å²) in [7, 11) is 0. The molecule has 0 aliphatic carbocycles. The maximum atomic E-state index is 11.7. The van der Waals surface area contributed by atoms with Crippen molar-refractivity contribution < 1.29 is 9.53 Å². The number of hydrogen-bond donors (Lipinski definition) is 3. The fraction of sp³-hybridized carbons (Fsp3) is 0.455.